The van der Waals surface area contributed by atoms with E-state index in [-0.39, 0.29) is 46.6 Å². The van der Waals surface area contributed by atoms with Crippen LogP contribution in [0.3, 0.4) is 0 Å². The average molecular weight is 692 g/mol. The molecule has 0 radical (unpaired) electrons. The lowest BCUT2D eigenvalue weighted by molar-refractivity contribution is 0.0342. The summed E-state index contributed by atoms with van der Waals surface area (Å²) >= 11 is 0. The zero-order valence-corrected chi connectivity index (χ0v) is 27.8. The summed E-state index contributed by atoms with van der Waals surface area (Å²) in [5.74, 6) is -1.00. The van der Waals surface area contributed by atoms with Crippen LogP contribution in [0.15, 0.2) is 85.1 Å². The summed E-state index contributed by atoms with van der Waals surface area (Å²) in [4.78, 5) is 37.2. The molecule has 3 aromatic carbocycles. The van der Waals surface area contributed by atoms with Crippen molar-refractivity contribution in [2.24, 2.45) is 0 Å². The van der Waals surface area contributed by atoms with Gasteiger partial charge >= 0.3 is 0 Å². The number of para-hydroxylation sites is 1. The average Bonchev–Trinajstić information content (AvgIpc) is 3.14. The highest BCUT2D eigenvalue weighted by atomic mass is 19.1. The molecule has 1 saturated carbocycles. The molecular weight excluding hydrogens is 653 g/mol. The van der Waals surface area contributed by atoms with E-state index in [2.05, 4.69) is 25.5 Å². The number of fused-ring (bicyclic) bond motifs is 1. The van der Waals surface area contributed by atoms with Crippen LogP contribution >= 0.6 is 0 Å². The number of aromatic hydroxyl groups is 2. The number of carbonyl (C=O) groups is 2. The summed E-state index contributed by atoms with van der Waals surface area (Å²) in [6.45, 7) is 3.56. The van der Waals surface area contributed by atoms with Gasteiger partial charge in [0, 0.05) is 43.2 Å². The number of hydrogen-bond donors (Lipinski definition) is 4. The van der Waals surface area contributed by atoms with Gasteiger partial charge in [0.15, 0.2) is 0 Å². The van der Waals surface area contributed by atoms with Crippen molar-refractivity contribution in [2.75, 3.05) is 26.3 Å². The molecule has 12 heteroatoms. The number of amides is 2. The molecule has 5 aromatic rings. The number of benzene rings is 3. The molecular formula is C39H38FN5O6. The number of morpholine rings is 1. The van der Waals surface area contributed by atoms with Crippen molar-refractivity contribution in [3.05, 3.63) is 108 Å². The van der Waals surface area contributed by atoms with Gasteiger partial charge in [0.1, 0.15) is 34.3 Å². The smallest absolute Gasteiger partial charge is 0.270 e. The molecule has 0 spiro atoms. The van der Waals surface area contributed by atoms with Gasteiger partial charge in [-0.3, -0.25) is 14.5 Å². The molecule has 51 heavy (non-hydrogen) atoms. The van der Waals surface area contributed by atoms with Crippen molar-refractivity contribution in [3.8, 4) is 34.3 Å². The van der Waals surface area contributed by atoms with Gasteiger partial charge in [0.05, 0.1) is 24.9 Å². The first-order chi connectivity index (χ1) is 24.8. The number of carbonyl (C=O) groups excluding carboxylic acids is 2. The largest absolute Gasteiger partial charge is 0.508 e. The summed E-state index contributed by atoms with van der Waals surface area (Å²) < 4.78 is 26.0. The Hall–Kier alpha value is -5.59. The van der Waals surface area contributed by atoms with Gasteiger partial charge in [-0.05, 0) is 84.8 Å². The highest BCUT2D eigenvalue weighted by molar-refractivity contribution is 5.97. The number of ether oxygens (including phenoxy) is 2. The van der Waals surface area contributed by atoms with Crippen LogP contribution in [0.25, 0.3) is 22.0 Å². The molecule has 2 aliphatic rings. The fourth-order valence-electron chi connectivity index (χ4n) is 6.68. The minimum absolute atomic E-state index is 0.00831. The number of halogens is 1. The van der Waals surface area contributed by atoms with E-state index < -0.39 is 11.7 Å². The number of phenolic OH excluding ortho intramolecular Hbond substituents is 1. The van der Waals surface area contributed by atoms with E-state index in [0.717, 1.165) is 42.0 Å². The molecule has 1 aliphatic carbocycles. The van der Waals surface area contributed by atoms with Crippen LogP contribution in [0.1, 0.15) is 52.1 Å². The summed E-state index contributed by atoms with van der Waals surface area (Å²) in [5.41, 5.74) is 3.36. The lowest BCUT2D eigenvalue weighted by Gasteiger charge is -2.29. The van der Waals surface area contributed by atoms with Gasteiger partial charge in [-0.25, -0.2) is 14.4 Å². The van der Waals surface area contributed by atoms with E-state index in [0.29, 0.717) is 62.1 Å². The number of hydrogen-bond acceptors (Lipinski definition) is 9. The maximum Gasteiger partial charge on any atom is 0.270 e. The van der Waals surface area contributed by atoms with Crippen molar-refractivity contribution in [3.63, 3.8) is 0 Å². The Kier molecular flexibility index (Phi) is 10.0. The Morgan fingerprint density at radius 2 is 1.63 bits per heavy atom. The molecule has 2 amide bonds. The number of phenols is 1. The lowest BCUT2D eigenvalue weighted by atomic mass is 9.91. The standard InChI is InChI=1S/C39H38FN5O6/c40-26-20-33(37(48)42-27-8-10-28(11-9-27)43-38(49)35-21-36(47)32-6-1-2-7-34(32)44-35)39(41-22-26)51-30-5-3-4-24(19-30)31-13-12-29(46)18-25(31)23-45-14-16-50-17-15-45/h1-7,12-13,18-22,27-28,46H,8-11,14-17,23H2,(H,42,48)(H,43,49)(H,44,47). The van der Waals surface area contributed by atoms with Gasteiger partial charge in [0.2, 0.25) is 5.88 Å². The van der Waals surface area contributed by atoms with Gasteiger partial charge in [0.25, 0.3) is 11.8 Å². The third-order valence-electron chi connectivity index (χ3n) is 9.33. The van der Waals surface area contributed by atoms with Crippen LogP contribution < -0.4 is 15.4 Å². The van der Waals surface area contributed by atoms with E-state index in [1.807, 2.05) is 24.3 Å². The van der Waals surface area contributed by atoms with Gasteiger partial charge in [-0.1, -0.05) is 30.3 Å². The highest BCUT2D eigenvalue weighted by Crippen LogP contribution is 2.33. The maximum atomic E-state index is 14.4. The third kappa shape index (κ3) is 8.08. The van der Waals surface area contributed by atoms with Crippen molar-refractivity contribution in [1.82, 2.24) is 25.5 Å². The van der Waals surface area contributed by atoms with E-state index in [9.17, 15) is 24.2 Å². The van der Waals surface area contributed by atoms with Crippen LogP contribution in [0, 0.1) is 5.82 Å². The molecule has 0 unspecified atom stereocenters. The molecule has 0 atom stereocenters. The Balaban J connectivity index is 0.993. The molecule has 1 saturated heterocycles. The van der Waals surface area contributed by atoms with Gasteiger partial charge in [-0.2, -0.15) is 0 Å². The van der Waals surface area contributed by atoms with E-state index in [1.54, 1.807) is 42.5 Å². The molecule has 4 N–H and O–H groups in total. The van der Waals surface area contributed by atoms with Gasteiger partial charge in [-0.15, -0.1) is 0 Å². The SMILES string of the molecule is O=C(NC1CCC(NC(=O)c2cc(F)cnc2Oc2cccc(-c3ccc(O)cc3CN3CCOCC3)c2)CC1)c1cc(O)c2ccccc2n1. The second-order valence-corrected chi connectivity index (χ2v) is 12.9. The Morgan fingerprint density at radius 1 is 0.882 bits per heavy atom. The molecule has 2 aromatic heterocycles. The van der Waals surface area contributed by atoms with E-state index in [1.165, 1.54) is 6.07 Å². The summed E-state index contributed by atoms with van der Waals surface area (Å²) in [6, 6.07) is 21.8. The molecule has 0 bridgehead atoms. The molecule has 262 valence electrons. The first-order valence-electron chi connectivity index (χ1n) is 17.1. The van der Waals surface area contributed by atoms with Crippen molar-refractivity contribution in [1.29, 1.82) is 0 Å². The van der Waals surface area contributed by atoms with Crippen molar-refractivity contribution in [2.45, 2.75) is 44.3 Å². The fourth-order valence-corrected chi connectivity index (χ4v) is 6.68. The molecule has 11 nitrogen and oxygen atoms in total. The van der Waals surface area contributed by atoms with Crippen molar-refractivity contribution < 1.29 is 33.7 Å². The van der Waals surface area contributed by atoms with E-state index in [4.69, 9.17) is 9.47 Å². The Morgan fingerprint density at radius 3 is 2.41 bits per heavy atom. The molecule has 2 fully saturated rings. The third-order valence-corrected chi connectivity index (χ3v) is 9.33. The summed E-state index contributed by atoms with van der Waals surface area (Å²) in [5, 5.41) is 27.2. The Bertz CT molecular complexity index is 2060. The summed E-state index contributed by atoms with van der Waals surface area (Å²) in [7, 11) is 0. The zero-order valence-electron chi connectivity index (χ0n) is 27.8. The highest BCUT2D eigenvalue weighted by Gasteiger charge is 2.27. The number of nitrogens with one attached hydrogen (secondary N) is 2. The van der Waals surface area contributed by atoms with Gasteiger partial charge < -0.3 is 30.3 Å². The van der Waals surface area contributed by atoms with Crippen LogP contribution in [0.4, 0.5) is 4.39 Å². The zero-order chi connectivity index (χ0) is 35.3. The Labute approximate surface area is 294 Å². The minimum Gasteiger partial charge on any atom is -0.508 e. The predicted molar refractivity (Wildman–Crippen MR) is 188 cm³/mol. The van der Waals surface area contributed by atoms with Crippen LogP contribution in [-0.4, -0.2) is 75.3 Å². The second-order valence-electron chi connectivity index (χ2n) is 12.9. The number of nitrogens with zero attached hydrogens (tertiary/aromatic N) is 3. The fraction of sp³-hybridized carbons (Fsp3) is 0.282. The monoisotopic (exact) mass is 691 g/mol. The van der Waals surface area contributed by atoms with Crippen LogP contribution in [0.5, 0.6) is 23.1 Å². The number of aromatic nitrogens is 2. The molecule has 3 heterocycles. The normalized spacial score (nSPS) is 17.9. The molecule has 1 aliphatic heterocycles. The predicted octanol–water partition coefficient (Wildman–Crippen LogP) is 5.94. The lowest BCUT2D eigenvalue weighted by Crippen LogP contribution is -2.44. The topological polar surface area (TPSA) is 146 Å². The van der Waals surface area contributed by atoms with Crippen LogP contribution in [-0.2, 0) is 11.3 Å². The summed E-state index contributed by atoms with van der Waals surface area (Å²) in [6.07, 6.45) is 3.41. The first-order valence-corrected chi connectivity index (χ1v) is 17.1. The second kappa shape index (κ2) is 15.1. The minimum atomic E-state index is -0.669. The number of pyridine rings is 2. The maximum absolute atomic E-state index is 14.4. The quantitative estimate of drug-likeness (QED) is 0.148. The van der Waals surface area contributed by atoms with E-state index >= 15 is 0 Å². The molecule has 7 rings (SSSR count). The number of rotatable bonds is 9. The van der Waals surface area contributed by atoms with Crippen LogP contribution in [0.2, 0.25) is 0 Å². The van der Waals surface area contributed by atoms with Crippen molar-refractivity contribution >= 4 is 22.7 Å². The first kappa shape index (κ1) is 33.9.